The highest BCUT2D eigenvalue weighted by molar-refractivity contribution is 5.97. The molecule has 0 saturated heterocycles. The van der Waals surface area contributed by atoms with Crippen LogP contribution in [0, 0.1) is 0 Å². The van der Waals surface area contributed by atoms with E-state index in [0.717, 1.165) is 44.6 Å². The number of nitrogen functional groups attached to an aromatic ring is 1. The van der Waals surface area contributed by atoms with Gasteiger partial charge in [0, 0.05) is 55.9 Å². The lowest BCUT2D eigenvalue weighted by Crippen LogP contribution is -2.11. The Morgan fingerprint density at radius 3 is 2.62 bits per heavy atom. The molecule has 0 spiro atoms. The van der Waals surface area contributed by atoms with Gasteiger partial charge in [-0.2, -0.15) is 5.10 Å². The monoisotopic (exact) mass is 449 g/mol. The Bertz CT molecular complexity index is 1670. The molecular weight excluding hydrogens is 426 g/mol. The molecule has 0 aliphatic heterocycles. The SMILES string of the molecule is Cn1cc([C@@H](c2cnc3cc(N)cc(-c4ccc5ccn(C)c5c4)c3n2)c2cnnn2C)cn1. The Labute approximate surface area is 195 Å². The summed E-state index contributed by atoms with van der Waals surface area (Å²) in [4.78, 5) is 9.90. The molecule has 0 bridgehead atoms. The van der Waals surface area contributed by atoms with Gasteiger partial charge in [-0.25, -0.2) is 4.98 Å². The molecule has 0 fully saturated rings. The minimum atomic E-state index is -0.216. The summed E-state index contributed by atoms with van der Waals surface area (Å²) in [5, 5.41) is 13.8. The maximum Gasteiger partial charge on any atom is 0.0970 e. The largest absolute Gasteiger partial charge is 0.399 e. The van der Waals surface area contributed by atoms with Crippen LogP contribution < -0.4 is 5.73 Å². The van der Waals surface area contributed by atoms with Gasteiger partial charge < -0.3 is 10.3 Å². The summed E-state index contributed by atoms with van der Waals surface area (Å²) in [6.45, 7) is 0. The molecule has 34 heavy (non-hydrogen) atoms. The Balaban J connectivity index is 1.59. The Hall–Kier alpha value is -4.53. The number of hydrogen-bond acceptors (Lipinski definition) is 6. The van der Waals surface area contributed by atoms with E-state index in [2.05, 4.69) is 50.4 Å². The highest BCUT2D eigenvalue weighted by Crippen LogP contribution is 2.35. The van der Waals surface area contributed by atoms with E-state index in [4.69, 9.17) is 15.7 Å². The van der Waals surface area contributed by atoms with Crippen molar-refractivity contribution >= 4 is 27.6 Å². The van der Waals surface area contributed by atoms with E-state index >= 15 is 0 Å². The summed E-state index contributed by atoms with van der Waals surface area (Å²) < 4.78 is 5.65. The Kier molecular flexibility index (Phi) is 4.44. The molecule has 0 amide bonds. The lowest BCUT2D eigenvalue weighted by atomic mass is 9.95. The molecule has 4 aromatic heterocycles. The first-order valence-corrected chi connectivity index (χ1v) is 10.9. The van der Waals surface area contributed by atoms with Gasteiger partial charge >= 0.3 is 0 Å². The van der Waals surface area contributed by atoms with Gasteiger partial charge in [0.15, 0.2) is 0 Å². The summed E-state index contributed by atoms with van der Waals surface area (Å²) in [6, 6.07) is 12.3. The number of anilines is 1. The zero-order chi connectivity index (χ0) is 23.4. The summed E-state index contributed by atoms with van der Waals surface area (Å²) in [6.07, 6.45) is 9.45. The molecule has 0 aliphatic rings. The Morgan fingerprint density at radius 2 is 1.85 bits per heavy atom. The fourth-order valence-corrected chi connectivity index (χ4v) is 4.58. The number of rotatable bonds is 4. The van der Waals surface area contributed by atoms with Gasteiger partial charge in [0.25, 0.3) is 0 Å². The van der Waals surface area contributed by atoms with Crippen LogP contribution in [-0.2, 0) is 21.1 Å². The van der Waals surface area contributed by atoms with E-state index in [1.54, 1.807) is 21.8 Å². The second-order valence-corrected chi connectivity index (χ2v) is 8.59. The Morgan fingerprint density at radius 1 is 0.971 bits per heavy atom. The van der Waals surface area contributed by atoms with Crippen LogP contribution in [-0.4, -0.2) is 39.3 Å². The normalized spacial score (nSPS) is 12.6. The second kappa shape index (κ2) is 7.51. The topological polar surface area (TPSA) is 105 Å². The lowest BCUT2D eigenvalue weighted by Gasteiger charge is -2.16. The van der Waals surface area contributed by atoms with Crippen molar-refractivity contribution in [3.8, 4) is 11.1 Å². The van der Waals surface area contributed by atoms with E-state index in [0.29, 0.717) is 5.69 Å². The summed E-state index contributed by atoms with van der Waals surface area (Å²) in [5.74, 6) is -0.216. The average molecular weight is 450 g/mol. The van der Waals surface area contributed by atoms with Crippen molar-refractivity contribution in [3.05, 3.63) is 84.3 Å². The maximum atomic E-state index is 6.27. The average Bonchev–Trinajstić information content (AvgIpc) is 3.55. The quantitative estimate of drug-likeness (QED) is 0.414. The molecule has 1 atom stereocenters. The number of fused-ring (bicyclic) bond motifs is 2. The van der Waals surface area contributed by atoms with Crippen molar-refractivity contribution < 1.29 is 0 Å². The first kappa shape index (κ1) is 20.1. The van der Waals surface area contributed by atoms with E-state index in [1.165, 1.54) is 5.39 Å². The molecule has 0 unspecified atom stereocenters. The predicted octanol–water partition coefficient (Wildman–Crippen LogP) is 3.41. The van der Waals surface area contributed by atoms with Crippen LogP contribution in [0.15, 0.2) is 67.4 Å². The number of nitrogens with two attached hydrogens (primary N) is 1. The van der Waals surface area contributed by atoms with Crippen LogP contribution in [0.2, 0.25) is 0 Å². The van der Waals surface area contributed by atoms with Crippen LogP contribution >= 0.6 is 0 Å². The van der Waals surface area contributed by atoms with E-state index in [-0.39, 0.29) is 5.92 Å². The molecule has 9 nitrogen and oxygen atoms in total. The van der Waals surface area contributed by atoms with Crippen molar-refractivity contribution in [2.24, 2.45) is 21.1 Å². The number of benzene rings is 2. The molecule has 6 aromatic rings. The third-order valence-electron chi connectivity index (χ3n) is 6.29. The van der Waals surface area contributed by atoms with Gasteiger partial charge in [0.2, 0.25) is 0 Å². The van der Waals surface area contributed by atoms with Crippen molar-refractivity contribution in [2.75, 3.05) is 5.73 Å². The fraction of sp³-hybridized carbons (Fsp3) is 0.160. The summed E-state index contributed by atoms with van der Waals surface area (Å²) in [7, 11) is 5.82. The second-order valence-electron chi connectivity index (χ2n) is 8.59. The molecular formula is C25H23N9. The van der Waals surface area contributed by atoms with Gasteiger partial charge in [-0.1, -0.05) is 17.3 Å². The third-order valence-corrected chi connectivity index (χ3v) is 6.29. The highest BCUT2D eigenvalue weighted by Gasteiger charge is 2.24. The van der Waals surface area contributed by atoms with E-state index in [1.807, 2.05) is 45.7 Å². The van der Waals surface area contributed by atoms with Gasteiger partial charge in [-0.05, 0) is 35.2 Å². The van der Waals surface area contributed by atoms with Gasteiger partial charge in [-0.3, -0.25) is 14.3 Å². The first-order valence-electron chi connectivity index (χ1n) is 10.9. The molecule has 6 rings (SSSR count). The third kappa shape index (κ3) is 3.21. The number of hydrogen-bond donors (Lipinski definition) is 1. The molecule has 0 radical (unpaired) electrons. The molecule has 4 heterocycles. The minimum Gasteiger partial charge on any atom is -0.399 e. The van der Waals surface area contributed by atoms with Crippen molar-refractivity contribution in [3.63, 3.8) is 0 Å². The summed E-state index contributed by atoms with van der Waals surface area (Å²) >= 11 is 0. The first-order chi connectivity index (χ1) is 16.5. The number of aromatic nitrogens is 8. The minimum absolute atomic E-state index is 0.216. The maximum absolute atomic E-state index is 6.27. The fourth-order valence-electron chi connectivity index (χ4n) is 4.58. The van der Waals surface area contributed by atoms with Crippen LogP contribution in [0.4, 0.5) is 5.69 Å². The van der Waals surface area contributed by atoms with Crippen molar-refractivity contribution in [1.82, 2.24) is 39.3 Å². The van der Waals surface area contributed by atoms with E-state index in [9.17, 15) is 0 Å². The molecule has 0 aliphatic carbocycles. The van der Waals surface area contributed by atoms with Crippen LogP contribution in [0.25, 0.3) is 33.1 Å². The van der Waals surface area contributed by atoms with Crippen LogP contribution in [0.5, 0.6) is 0 Å². The lowest BCUT2D eigenvalue weighted by molar-refractivity contribution is 0.663. The molecule has 2 aromatic carbocycles. The molecule has 0 saturated carbocycles. The highest BCUT2D eigenvalue weighted by atomic mass is 15.4. The predicted molar refractivity (Wildman–Crippen MR) is 131 cm³/mol. The molecule has 9 heteroatoms. The number of aryl methyl sites for hydroxylation is 3. The van der Waals surface area contributed by atoms with Crippen molar-refractivity contribution in [2.45, 2.75) is 5.92 Å². The standard InChI is InChI=1S/C25H23N9/c1-32-7-6-15-4-5-16(8-22(15)32)19-9-18(26)10-20-25(19)30-21(12-27-20)24(17-11-29-33(2)14-17)23-13-28-31-34(23)3/h4-14,24H,26H2,1-3H3/t24-/m0/s1. The molecule has 168 valence electrons. The van der Waals surface area contributed by atoms with E-state index < -0.39 is 0 Å². The smallest absolute Gasteiger partial charge is 0.0970 e. The zero-order valence-electron chi connectivity index (χ0n) is 19.1. The van der Waals surface area contributed by atoms with Crippen molar-refractivity contribution in [1.29, 1.82) is 0 Å². The molecule has 2 N–H and O–H groups in total. The van der Waals surface area contributed by atoms with Gasteiger partial charge in [-0.15, -0.1) is 5.10 Å². The summed E-state index contributed by atoms with van der Waals surface area (Å²) in [5.41, 5.74) is 14.3. The van der Waals surface area contributed by atoms with Crippen LogP contribution in [0.3, 0.4) is 0 Å². The van der Waals surface area contributed by atoms with Gasteiger partial charge in [0.1, 0.15) is 0 Å². The zero-order valence-corrected chi connectivity index (χ0v) is 19.1. The number of nitrogens with zero attached hydrogens (tertiary/aromatic N) is 8. The van der Waals surface area contributed by atoms with Crippen LogP contribution in [0.1, 0.15) is 22.9 Å². The van der Waals surface area contributed by atoms with Gasteiger partial charge in [0.05, 0.1) is 46.9 Å².